The molecule has 0 saturated carbocycles. The summed E-state index contributed by atoms with van der Waals surface area (Å²) in [5, 5.41) is 9.32. The summed E-state index contributed by atoms with van der Waals surface area (Å²) < 4.78 is 37.7. The number of hydrogen-bond donors (Lipinski definition) is 1. The van der Waals surface area contributed by atoms with E-state index in [-0.39, 0.29) is 12.8 Å². The van der Waals surface area contributed by atoms with E-state index in [1.54, 1.807) is 13.8 Å². The molecule has 0 aromatic heterocycles. The predicted octanol–water partition coefficient (Wildman–Crippen LogP) is 3.13. The Balaban J connectivity index is 4.72. The van der Waals surface area contributed by atoms with Crippen LogP contribution in [0.25, 0.3) is 0 Å². The zero-order chi connectivity index (χ0) is 10.7. The largest absolute Gasteiger partial charge is 0.396 e. The quantitative estimate of drug-likeness (QED) is 0.735. The van der Waals surface area contributed by atoms with Gasteiger partial charge in [0.05, 0.1) is 11.5 Å². The van der Waals surface area contributed by atoms with E-state index in [2.05, 4.69) is 0 Å². The van der Waals surface area contributed by atoms with E-state index in [1.165, 1.54) is 0 Å². The van der Waals surface area contributed by atoms with Crippen molar-refractivity contribution >= 4 is 0 Å². The Morgan fingerprint density at radius 1 is 1.23 bits per heavy atom. The fraction of sp³-hybridized carbons (Fsp3) is 1.00. The lowest BCUT2D eigenvalue weighted by atomic mass is 9.78. The number of alkyl halides is 3. The molecule has 0 saturated heterocycles. The molecule has 0 fully saturated rings. The Hall–Kier alpha value is -0.250. The zero-order valence-electron chi connectivity index (χ0n) is 8.28. The van der Waals surface area contributed by atoms with Gasteiger partial charge in [0.2, 0.25) is 0 Å². The third-order valence-corrected chi connectivity index (χ3v) is 2.54. The highest BCUT2D eigenvalue weighted by Crippen LogP contribution is 2.45. The van der Waals surface area contributed by atoms with Crippen molar-refractivity contribution in [3.05, 3.63) is 0 Å². The summed E-state index contributed by atoms with van der Waals surface area (Å²) in [6.45, 7) is 4.33. The maximum atomic E-state index is 12.6. The smallest absolute Gasteiger partial charge is 0.392 e. The molecule has 0 aliphatic carbocycles. The van der Waals surface area contributed by atoms with E-state index in [4.69, 9.17) is 0 Å². The summed E-state index contributed by atoms with van der Waals surface area (Å²) in [6.07, 6.45) is -5.08. The molecular formula is C9H17F3O. The van der Waals surface area contributed by atoms with E-state index < -0.39 is 17.7 Å². The maximum absolute atomic E-state index is 12.6. The lowest BCUT2D eigenvalue weighted by Crippen LogP contribution is -2.44. The van der Waals surface area contributed by atoms with E-state index >= 15 is 0 Å². The van der Waals surface area contributed by atoms with Crippen LogP contribution in [0.15, 0.2) is 0 Å². The van der Waals surface area contributed by atoms with E-state index in [1.807, 2.05) is 0 Å². The first-order valence-corrected chi connectivity index (χ1v) is 4.54. The monoisotopic (exact) mass is 198 g/mol. The minimum absolute atomic E-state index is 0.0223. The summed E-state index contributed by atoms with van der Waals surface area (Å²) in [6, 6.07) is 0. The van der Waals surface area contributed by atoms with Crippen LogP contribution in [-0.4, -0.2) is 17.4 Å². The lowest BCUT2D eigenvalue weighted by molar-refractivity contribution is -0.251. The van der Waals surface area contributed by atoms with Crippen molar-refractivity contribution in [2.24, 2.45) is 5.41 Å². The van der Waals surface area contributed by atoms with Crippen LogP contribution >= 0.6 is 0 Å². The van der Waals surface area contributed by atoms with Crippen LogP contribution in [0.3, 0.4) is 0 Å². The zero-order valence-corrected chi connectivity index (χ0v) is 8.28. The van der Waals surface area contributed by atoms with Gasteiger partial charge in [0.25, 0.3) is 0 Å². The van der Waals surface area contributed by atoms with Crippen LogP contribution in [0.4, 0.5) is 13.2 Å². The van der Waals surface area contributed by atoms with Crippen molar-refractivity contribution in [3.8, 4) is 0 Å². The van der Waals surface area contributed by atoms with Gasteiger partial charge in [0.1, 0.15) is 0 Å². The molecule has 0 radical (unpaired) electrons. The minimum atomic E-state index is -4.32. The molecule has 1 nitrogen and oxygen atoms in total. The Labute approximate surface area is 76.9 Å². The fourth-order valence-corrected chi connectivity index (χ4v) is 1.47. The van der Waals surface area contributed by atoms with Gasteiger partial charge in [0.15, 0.2) is 0 Å². The summed E-state index contributed by atoms with van der Waals surface area (Å²) in [4.78, 5) is 0. The molecule has 0 aliphatic heterocycles. The van der Waals surface area contributed by atoms with Crippen molar-refractivity contribution in [2.75, 3.05) is 0 Å². The van der Waals surface area contributed by atoms with Crippen LogP contribution in [0.1, 0.15) is 40.0 Å². The summed E-state index contributed by atoms with van der Waals surface area (Å²) in [5.41, 5.74) is -1.95. The van der Waals surface area contributed by atoms with Crippen LogP contribution in [0.2, 0.25) is 0 Å². The molecule has 0 rings (SSSR count). The first-order valence-electron chi connectivity index (χ1n) is 4.54. The topological polar surface area (TPSA) is 20.2 Å². The number of rotatable bonds is 4. The second kappa shape index (κ2) is 4.31. The predicted molar refractivity (Wildman–Crippen MR) is 45.4 cm³/mol. The third-order valence-electron chi connectivity index (χ3n) is 2.54. The SMILES string of the molecule is CCCC(C)(C(O)CC)C(F)(F)F. The standard InChI is InChI=1S/C9H17F3O/c1-4-6-8(3,7(13)5-2)9(10,11)12/h7,13H,4-6H2,1-3H3. The van der Waals surface area contributed by atoms with Crippen molar-refractivity contribution in [2.45, 2.75) is 52.3 Å². The highest BCUT2D eigenvalue weighted by atomic mass is 19.4. The van der Waals surface area contributed by atoms with E-state index in [0.29, 0.717) is 6.42 Å². The van der Waals surface area contributed by atoms with Gasteiger partial charge in [-0.2, -0.15) is 13.2 Å². The van der Waals surface area contributed by atoms with E-state index in [0.717, 1.165) is 6.92 Å². The molecule has 2 unspecified atom stereocenters. The summed E-state index contributed by atoms with van der Waals surface area (Å²) in [7, 11) is 0. The summed E-state index contributed by atoms with van der Waals surface area (Å²) in [5.74, 6) is 0. The molecule has 4 heteroatoms. The molecule has 1 N–H and O–H groups in total. The maximum Gasteiger partial charge on any atom is 0.396 e. The first kappa shape index (κ1) is 12.8. The van der Waals surface area contributed by atoms with Gasteiger partial charge in [-0.15, -0.1) is 0 Å². The number of aliphatic hydroxyl groups excluding tert-OH is 1. The molecule has 0 aromatic rings. The van der Waals surface area contributed by atoms with Crippen LogP contribution in [-0.2, 0) is 0 Å². The normalized spacial score (nSPS) is 19.6. The van der Waals surface area contributed by atoms with Crippen molar-refractivity contribution in [1.82, 2.24) is 0 Å². The molecule has 0 aromatic carbocycles. The number of hydrogen-bond acceptors (Lipinski definition) is 1. The van der Waals surface area contributed by atoms with Gasteiger partial charge in [-0.05, 0) is 19.8 Å². The third kappa shape index (κ3) is 2.59. The Morgan fingerprint density at radius 2 is 1.69 bits per heavy atom. The molecule has 0 aliphatic rings. The van der Waals surface area contributed by atoms with E-state index in [9.17, 15) is 18.3 Å². The van der Waals surface area contributed by atoms with Gasteiger partial charge < -0.3 is 5.11 Å². The van der Waals surface area contributed by atoms with Crippen LogP contribution in [0, 0.1) is 5.41 Å². The van der Waals surface area contributed by atoms with Crippen molar-refractivity contribution in [1.29, 1.82) is 0 Å². The second-order valence-corrected chi connectivity index (χ2v) is 3.59. The van der Waals surface area contributed by atoms with Gasteiger partial charge in [-0.3, -0.25) is 0 Å². The fourth-order valence-electron chi connectivity index (χ4n) is 1.47. The van der Waals surface area contributed by atoms with Crippen LogP contribution in [0.5, 0.6) is 0 Å². The highest BCUT2D eigenvalue weighted by Gasteiger charge is 2.54. The van der Waals surface area contributed by atoms with Crippen LogP contribution < -0.4 is 0 Å². The van der Waals surface area contributed by atoms with Gasteiger partial charge >= 0.3 is 6.18 Å². The second-order valence-electron chi connectivity index (χ2n) is 3.59. The average molecular weight is 198 g/mol. The highest BCUT2D eigenvalue weighted by molar-refractivity contribution is 4.87. The van der Waals surface area contributed by atoms with Gasteiger partial charge in [0, 0.05) is 0 Å². The molecule has 13 heavy (non-hydrogen) atoms. The average Bonchev–Trinajstić information content (AvgIpc) is 2.01. The lowest BCUT2D eigenvalue weighted by Gasteiger charge is -2.35. The Bertz CT molecular complexity index is 155. The molecule has 0 heterocycles. The molecule has 2 atom stereocenters. The Morgan fingerprint density at radius 3 is 1.92 bits per heavy atom. The molecule has 0 spiro atoms. The van der Waals surface area contributed by atoms with Crippen molar-refractivity contribution in [3.63, 3.8) is 0 Å². The molecule has 80 valence electrons. The summed E-state index contributed by atoms with van der Waals surface area (Å²) >= 11 is 0. The van der Waals surface area contributed by atoms with Crippen molar-refractivity contribution < 1.29 is 18.3 Å². The van der Waals surface area contributed by atoms with Gasteiger partial charge in [-0.1, -0.05) is 20.3 Å². The first-order chi connectivity index (χ1) is 5.79. The van der Waals surface area contributed by atoms with Gasteiger partial charge in [-0.25, -0.2) is 0 Å². The number of aliphatic hydroxyl groups is 1. The number of halogens is 3. The molecule has 0 amide bonds. The minimum Gasteiger partial charge on any atom is -0.392 e. The molecule has 0 bridgehead atoms. The molecular weight excluding hydrogens is 181 g/mol. The Kier molecular flexibility index (Phi) is 4.23.